The number of phenolic OH excluding ortho intramolecular Hbond substituents is 1. The zero-order valence-corrected chi connectivity index (χ0v) is 16.1. The molecule has 2 atom stereocenters. The van der Waals surface area contributed by atoms with E-state index in [2.05, 4.69) is 52.0 Å². The fourth-order valence-corrected chi connectivity index (χ4v) is 4.41. The van der Waals surface area contributed by atoms with Gasteiger partial charge in [0.05, 0.1) is 0 Å². The molecule has 0 spiro atoms. The molecule has 2 heteroatoms. The van der Waals surface area contributed by atoms with E-state index in [-0.39, 0.29) is 5.60 Å². The van der Waals surface area contributed by atoms with Gasteiger partial charge in [0.2, 0.25) is 0 Å². The molecule has 0 bridgehead atoms. The molecule has 0 aromatic heterocycles. The lowest BCUT2D eigenvalue weighted by Crippen LogP contribution is -2.45. The fraction of sp³-hybridized carbons (Fsp3) is 0.565. The van der Waals surface area contributed by atoms with Crippen molar-refractivity contribution in [3.8, 4) is 11.5 Å². The number of ether oxygens (including phenoxy) is 1. The molecule has 136 valence electrons. The Morgan fingerprint density at radius 1 is 1.28 bits per heavy atom. The van der Waals surface area contributed by atoms with Gasteiger partial charge in [-0.15, -0.1) is 0 Å². The van der Waals surface area contributed by atoms with E-state index < -0.39 is 0 Å². The third-order valence-electron chi connectivity index (χ3n) is 5.81. The van der Waals surface area contributed by atoms with E-state index in [0.717, 1.165) is 36.1 Å². The summed E-state index contributed by atoms with van der Waals surface area (Å²) < 4.78 is 6.37. The Kier molecular flexibility index (Phi) is 5.27. The number of allylic oxidation sites excluding steroid dienone is 3. The number of benzene rings is 1. The first-order chi connectivity index (χ1) is 11.9. The van der Waals surface area contributed by atoms with Crippen molar-refractivity contribution in [1.29, 1.82) is 0 Å². The Balaban J connectivity index is 1.89. The van der Waals surface area contributed by atoms with E-state index in [1.807, 2.05) is 6.07 Å². The number of unbranched alkanes of at least 4 members (excludes halogenated alkanes) is 3. The molecular weight excluding hydrogens is 308 g/mol. The number of phenols is 1. The van der Waals surface area contributed by atoms with Gasteiger partial charge < -0.3 is 9.84 Å². The fourth-order valence-electron chi connectivity index (χ4n) is 4.41. The lowest BCUT2D eigenvalue weighted by molar-refractivity contribution is 0.00760. The minimum Gasteiger partial charge on any atom is -0.507 e. The Morgan fingerprint density at radius 2 is 2.08 bits per heavy atom. The first kappa shape index (κ1) is 18.1. The van der Waals surface area contributed by atoms with Crippen molar-refractivity contribution in [2.24, 2.45) is 5.92 Å². The van der Waals surface area contributed by atoms with E-state index in [1.54, 1.807) is 0 Å². The second-order valence-corrected chi connectivity index (χ2v) is 8.26. The minimum absolute atomic E-state index is 0.204. The minimum atomic E-state index is -0.204. The highest BCUT2D eigenvalue weighted by atomic mass is 16.5. The van der Waals surface area contributed by atoms with Crippen LogP contribution in [0.1, 0.15) is 83.3 Å². The molecule has 1 aromatic carbocycles. The van der Waals surface area contributed by atoms with E-state index in [0.29, 0.717) is 17.6 Å². The van der Waals surface area contributed by atoms with Crippen LogP contribution in [0, 0.1) is 5.92 Å². The maximum atomic E-state index is 10.7. The van der Waals surface area contributed by atoms with Crippen LogP contribution in [-0.2, 0) is 0 Å². The molecule has 3 rings (SSSR count). The molecule has 1 aliphatic carbocycles. The lowest BCUT2D eigenvalue weighted by atomic mass is 9.67. The number of fused-ring (bicyclic) bond motifs is 3. The van der Waals surface area contributed by atoms with Crippen molar-refractivity contribution < 1.29 is 9.84 Å². The van der Waals surface area contributed by atoms with Gasteiger partial charge in [-0.3, -0.25) is 0 Å². The zero-order chi connectivity index (χ0) is 18.0. The maximum Gasteiger partial charge on any atom is 0.127 e. The second kappa shape index (κ2) is 7.27. The van der Waals surface area contributed by atoms with E-state index in [1.165, 1.54) is 24.8 Å². The number of rotatable bonds is 5. The topological polar surface area (TPSA) is 29.5 Å². The molecule has 0 saturated heterocycles. The van der Waals surface area contributed by atoms with Crippen LogP contribution in [0.15, 0.2) is 29.9 Å². The summed E-state index contributed by atoms with van der Waals surface area (Å²) >= 11 is 0. The molecule has 2 aliphatic rings. The Hall–Kier alpha value is -1.70. The van der Waals surface area contributed by atoms with Crippen LogP contribution in [0.25, 0.3) is 6.08 Å². The molecule has 1 N–H and O–H groups in total. The quantitative estimate of drug-likeness (QED) is 0.483. The van der Waals surface area contributed by atoms with E-state index in [9.17, 15) is 5.11 Å². The summed E-state index contributed by atoms with van der Waals surface area (Å²) in [7, 11) is 0. The molecule has 1 aromatic rings. The summed E-state index contributed by atoms with van der Waals surface area (Å²) in [4.78, 5) is 0. The second-order valence-electron chi connectivity index (χ2n) is 8.26. The molecule has 0 saturated carbocycles. The van der Waals surface area contributed by atoms with Crippen molar-refractivity contribution in [1.82, 2.24) is 0 Å². The van der Waals surface area contributed by atoms with Crippen molar-refractivity contribution >= 4 is 6.08 Å². The van der Waals surface area contributed by atoms with E-state index >= 15 is 0 Å². The summed E-state index contributed by atoms with van der Waals surface area (Å²) in [6.45, 7) is 8.79. The van der Waals surface area contributed by atoms with Crippen molar-refractivity contribution in [3.63, 3.8) is 0 Å². The average molecular weight is 341 g/mol. The largest absolute Gasteiger partial charge is 0.507 e. The normalized spacial score (nSPS) is 24.4. The standard InChI is InChI=1S/C23H32O2/c1-5-6-7-8-9-10-17-14-20(24)22-18-13-16(2)11-12-19(18)23(3,4)25-21(22)15-17/h9-11,14-15,18-19,24H,5-8,12-13H2,1-4H3/b10-9-. The third-order valence-corrected chi connectivity index (χ3v) is 5.81. The molecule has 0 amide bonds. The molecule has 2 unspecified atom stereocenters. The van der Waals surface area contributed by atoms with Crippen LogP contribution in [0.5, 0.6) is 11.5 Å². The van der Waals surface area contributed by atoms with E-state index in [4.69, 9.17) is 4.74 Å². The van der Waals surface area contributed by atoms with Crippen molar-refractivity contribution in [2.75, 3.05) is 0 Å². The summed E-state index contributed by atoms with van der Waals surface area (Å²) in [6, 6.07) is 4.01. The monoisotopic (exact) mass is 340 g/mol. The molecule has 25 heavy (non-hydrogen) atoms. The van der Waals surface area contributed by atoms with Crippen LogP contribution in [-0.4, -0.2) is 10.7 Å². The lowest BCUT2D eigenvalue weighted by Gasteiger charge is -2.47. The van der Waals surface area contributed by atoms with Gasteiger partial charge in [-0.05, 0) is 64.2 Å². The molecule has 2 nitrogen and oxygen atoms in total. The summed E-state index contributed by atoms with van der Waals surface area (Å²) in [5.41, 5.74) is 3.26. The first-order valence-electron chi connectivity index (χ1n) is 9.80. The number of aromatic hydroxyl groups is 1. The smallest absolute Gasteiger partial charge is 0.127 e. The molecule has 0 radical (unpaired) electrons. The van der Waals surface area contributed by atoms with Gasteiger partial charge in [-0.1, -0.05) is 43.6 Å². The van der Waals surface area contributed by atoms with Gasteiger partial charge in [0.1, 0.15) is 17.1 Å². The van der Waals surface area contributed by atoms with Gasteiger partial charge in [0.15, 0.2) is 0 Å². The third kappa shape index (κ3) is 3.78. The highest BCUT2D eigenvalue weighted by molar-refractivity contribution is 5.60. The number of hydrogen-bond donors (Lipinski definition) is 1. The SMILES string of the molecule is CCCCC/C=C\c1cc(O)c2c(c1)OC(C)(C)C1CC=C(C)CC21. The highest BCUT2D eigenvalue weighted by Crippen LogP contribution is 2.54. The summed E-state index contributed by atoms with van der Waals surface area (Å²) in [6.07, 6.45) is 13.5. The van der Waals surface area contributed by atoms with Gasteiger partial charge in [0, 0.05) is 17.4 Å². The van der Waals surface area contributed by atoms with Gasteiger partial charge in [0.25, 0.3) is 0 Å². The predicted octanol–water partition coefficient (Wildman–Crippen LogP) is 6.60. The van der Waals surface area contributed by atoms with Crippen molar-refractivity contribution in [2.45, 2.75) is 77.7 Å². The summed E-state index contributed by atoms with van der Waals surface area (Å²) in [5.74, 6) is 2.04. The summed E-state index contributed by atoms with van der Waals surface area (Å²) in [5, 5.41) is 10.7. The number of hydrogen-bond acceptors (Lipinski definition) is 2. The maximum absolute atomic E-state index is 10.7. The van der Waals surface area contributed by atoms with Crippen LogP contribution < -0.4 is 4.74 Å². The Bertz CT molecular complexity index is 682. The average Bonchev–Trinajstić information content (AvgIpc) is 2.53. The Morgan fingerprint density at radius 3 is 2.84 bits per heavy atom. The van der Waals surface area contributed by atoms with Crippen molar-refractivity contribution in [3.05, 3.63) is 41.0 Å². The zero-order valence-electron chi connectivity index (χ0n) is 16.1. The molecule has 1 aliphatic heterocycles. The molecular formula is C23H32O2. The van der Waals surface area contributed by atoms with Gasteiger partial charge in [-0.25, -0.2) is 0 Å². The highest BCUT2D eigenvalue weighted by Gasteiger charge is 2.45. The van der Waals surface area contributed by atoms with Crippen LogP contribution >= 0.6 is 0 Å². The predicted molar refractivity (Wildman–Crippen MR) is 105 cm³/mol. The molecule has 1 heterocycles. The van der Waals surface area contributed by atoms with Gasteiger partial charge in [-0.2, -0.15) is 0 Å². The Labute approximate surface area is 152 Å². The first-order valence-corrected chi connectivity index (χ1v) is 9.80. The van der Waals surface area contributed by atoms with Crippen LogP contribution in [0.3, 0.4) is 0 Å². The van der Waals surface area contributed by atoms with Crippen LogP contribution in [0.4, 0.5) is 0 Å². The van der Waals surface area contributed by atoms with Gasteiger partial charge >= 0.3 is 0 Å². The van der Waals surface area contributed by atoms with Crippen LogP contribution in [0.2, 0.25) is 0 Å². The molecule has 0 fully saturated rings.